The van der Waals surface area contributed by atoms with E-state index in [-0.39, 0.29) is 11.9 Å². The number of nitrogens with two attached hydrogens (primary N) is 1. The summed E-state index contributed by atoms with van der Waals surface area (Å²) in [6.07, 6.45) is 0.223. The summed E-state index contributed by atoms with van der Waals surface area (Å²) in [6.45, 7) is 0.750. The Morgan fingerprint density at radius 3 is 2.71 bits per heavy atom. The lowest BCUT2D eigenvalue weighted by Gasteiger charge is -1.94. The second-order valence-electron chi connectivity index (χ2n) is 1.65. The summed E-state index contributed by atoms with van der Waals surface area (Å²) in [7, 11) is 0. The van der Waals surface area contributed by atoms with Crippen LogP contribution in [0.25, 0.3) is 0 Å². The maximum atomic E-state index is 10.4. The largest absolute Gasteiger partial charge is 0.310 e. The zero-order valence-corrected chi connectivity index (χ0v) is 3.98. The van der Waals surface area contributed by atoms with Gasteiger partial charge < -0.3 is 5.73 Å². The lowest BCUT2D eigenvalue weighted by Crippen LogP contribution is -2.36. The second kappa shape index (κ2) is 1.60. The quantitative estimate of drug-likeness (QED) is 0.403. The molecule has 3 nitrogen and oxygen atoms in total. The molecule has 0 saturated carbocycles. The van der Waals surface area contributed by atoms with Crippen LogP contribution in [0.5, 0.6) is 0 Å². The van der Waals surface area contributed by atoms with Gasteiger partial charge in [0, 0.05) is 13.0 Å². The molecule has 1 rings (SSSR count). The van der Waals surface area contributed by atoms with Gasteiger partial charge in [-0.2, -0.15) is 0 Å². The highest BCUT2D eigenvalue weighted by Gasteiger charge is 2.17. The minimum atomic E-state index is -0.375. The van der Waals surface area contributed by atoms with Gasteiger partial charge in [-0.05, 0) is 0 Å². The molecular formula is C4H8N2O. The van der Waals surface area contributed by atoms with Crippen LogP contribution >= 0.6 is 0 Å². The van der Waals surface area contributed by atoms with Crippen molar-refractivity contribution >= 4 is 5.78 Å². The smallest absolute Gasteiger partial charge is 0.165 e. The predicted molar refractivity (Wildman–Crippen MR) is 25.6 cm³/mol. The Kier molecular flexibility index (Phi) is 1.08. The maximum absolute atomic E-state index is 10.4. The van der Waals surface area contributed by atoms with Crippen LogP contribution in [0.4, 0.5) is 0 Å². The molecule has 40 valence electrons. The number of carbonyl (C=O) groups excluding carboxylic acids is 1. The van der Waals surface area contributed by atoms with Gasteiger partial charge >= 0.3 is 0 Å². The van der Waals surface area contributed by atoms with Crippen molar-refractivity contribution in [1.82, 2.24) is 5.32 Å². The zero-order valence-electron chi connectivity index (χ0n) is 3.98. The van der Waals surface area contributed by atoms with E-state index in [0.29, 0.717) is 6.42 Å². The Labute approximate surface area is 41.9 Å². The number of hydrogen-bond acceptors (Lipinski definition) is 3. The summed E-state index contributed by atoms with van der Waals surface area (Å²) in [5, 5.41) is 2.80. The third-order valence-corrected chi connectivity index (χ3v) is 1.08. The molecule has 0 radical (unpaired) electrons. The van der Waals surface area contributed by atoms with Crippen molar-refractivity contribution in [3.8, 4) is 0 Å². The van der Waals surface area contributed by atoms with Gasteiger partial charge in [0.05, 0.1) is 0 Å². The summed E-state index contributed by atoms with van der Waals surface area (Å²) in [6, 6.07) is 0. The van der Waals surface area contributed by atoms with Gasteiger partial charge in [-0.1, -0.05) is 0 Å². The highest BCUT2D eigenvalue weighted by atomic mass is 16.1. The molecule has 1 unspecified atom stereocenters. The topological polar surface area (TPSA) is 55.1 Å². The van der Waals surface area contributed by atoms with Gasteiger partial charge in [0.25, 0.3) is 0 Å². The summed E-state index contributed by atoms with van der Waals surface area (Å²) >= 11 is 0. The first-order valence-corrected chi connectivity index (χ1v) is 2.32. The molecule has 0 aromatic rings. The van der Waals surface area contributed by atoms with Crippen molar-refractivity contribution in [2.75, 3.05) is 6.54 Å². The molecule has 0 aromatic heterocycles. The normalized spacial score (nSPS) is 31.6. The van der Waals surface area contributed by atoms with Crippen LogP contribution in [0, 0.1) is 0 Å². The van der Waals surface area contributed by atoms with Crippen molar-refractivity contribution in [3.63, 3.8) is 0 Å². The lowest BCUT2D eigenvalue weighted by atomic mass is 10.3. The lowest BCUT2D eigenvalue weighted by molar-refractivity contribution is -0.118. The van der Waals surface area contributed by atoms with Gasteiger partial charge in [-0.15, -0.1) is 0 Å². The van der Waals surface area contributed by atoms with Crippen molar-refractivity contribution in [2.45, 2.75) is 12.6 Å². The molecule has 0 aliphatic carbocycles. The van der Waals surface area contributed by atoms with Crippen molar-refractivity contribution < 1.29 is 4.79 Å². The van der Waals surface area contributed by atoms with Crippen molar-refractivity contribution in [3.05, 3.63) is 0 Å². The van der Waals surface area contributed by atoms with E-state index in [4.69, 9.17) is 5.73 Å². The Balaban J connectivity index is 2.48. The van der Waals surface area contributed by atoms with Gasteiger partial charge in [-0.3, -0.25) is 10.1 Å². The highest BCUT2D eigenvalue weighted by molar-refractivity contribution is 5.85. The fraction of sp³-hybridized carbons (Fsp3) is 0.750. The molecule has 7 heavy (non-hydrogen) atoms. The fourth-order valence-electron chi connectivity index (χ4n) is 0.620. The summed E-state index contributed by atoms with van der Waals surface area (Å²) in [5.41, 5.74) is 5.22. The molecule has 3 N–H and O–H groups in total. The molecule has 1 atom stereocenters. The zero-order chi connectivity index (χ0) is 5.28. The number of hydrogen-bond donors (Lipinski definition) is 2. The Hall–Kier alpha value is -0.410. The summed E-state index contributed by atoms with van der Waals surface area (Å²) < 4.78 is 0. The van der Waals surface area contributed by atoms with E-state index in [1.807, 2.05) is 0 Å². The molecule has 0 aromatic carbocycles. The molecule has 1 saturated heterocycles. The molecule has 1 aliphatic rings. The van der Waals surface area contributed by atoms with E-state index in [0.717, 1.165) is 6.54 Å². The maximum Gasteiger partial charge on any atom is 0.165 e. The molecule has 1 fully saturated rings. The number of carbonyl (C=O) groups is 1. The standard InChI is InChI=1S/C4H8N2O/c5-4-3(7)1-2-6-4/h4,6H,1-2,5H2. The number of nitrogens with one attached hydrogen (secondary N) is 1. The van der Waals surface area contributed by atoms with Gasteiger partial charge in [0.2, 0.25) is 0 Å². The van der Waals surface area contributed by atoms with Crippen LogP contribution in [0.1, 0.15) is 6.42 Å². The fourth-order valence-corrected chi connectivity index (χ4v) is 0.620. The molecule has 1 heterocycles. The van der Waals surface area contributed by atoms with Crippen LogP contribution in [-0.4, -0.2) is 18.5 Å². The van der Waals surface area contributed by atoms with Crippen LogP contribution in [-0.2, 0) is 4.79 Å². The molecule has 3 heteroatoms. The average molecular weight is 100 g/mol. The summed E-state index contributed by atoms with van der Waals surface area (Å²) in [5.74, 6) is 0.125. The molecule has 0 bridgehead atoms. The van der Waals surface area contributed by atoms with Crippen LogP contribution in [0.15, 0.2) is 0 Å². The Morgan fingerprint density at radius 2 is 2.57 bits per heavy atom. The summed E-state index contributed by atoms with van der Waals surface area (Å²) in [4.78, 5) is 10.4. The van der Waals surface area contributed by atoms with Gasteiger partial charge in [0.1, 0.15) is 6.17 Å². The number of Topliss-reactive ketones (excluding diaryl/α,β-unsaturated/α-hetero) is 1. The van der Waals surface area contributed by atoms with Crippen molar-refractivity contribution in [2.24, 2.45) is 5.73 Å². The van der Waals surface area contributed by atoms with Crippen LogP contribution in [0.3, 0.4) is 0 Å². The molecule has 0 spiro atoms. The molecule has 0 amide bonds. The van der Waals surface area contributed by atoms with Crippen molar-refractivity contribution in [1.29, 1.82) is 0 Å². The van der Waals surface area contributed by atoms with E-state index >= 15 is 0 Å². The van der Waals surface area contributed by atoms with Gasteiger partial charge in [0.15, 0.2) is 5.78 Å². The first-order valence-electron chi connectivity index (χ1n) is 2.32. The average Bonchev–Trinajstić information content (AvgIpc) is 1.91. The first-order chi connectivity index (χ1) is 3.30. The Bertz CT molecular complexity index is 91.7. The van der Waals surface area contributed by atoms with E-state index in [2.05, 4.69) is 5.32 Å². The van der Waals surface area contributed by atoms with Crippen LogP contribution < -0.4 is 11.1 Å². The van der Waals surface area contributed by atoms with Crippen LogP contribution in [0.2, 0.25) is 0 Å². The third-order valence-electron chi connectivity index (χ3n) is 1.08. The van der Waals surface area contributed by atoms with E-state index < -0.39 is 0 Å². The second-order valence-corrected chi connectivity index (χ2v) is 1.65. The van der Waals surface area contributed by atoms with E-state index in [9.17, 15) is 4.79 Å². The first kappa shape index (κ1) is 4.74. The minimum Gasteiger partial charge on any atom is -0.310 e. The number of ketones is 1. The number of rotatable bonds is 0. The third kappa shape index (κ3) is 0.783. The van der Waals surface area contributed by atoms with E-state index in [1.165, 1.54) is 0 Å². The molecular weight excluding hydrogens is 92.1 g/mol. The molecule has 1 aliphatic heterocycles. The van der Waals surface area contributed by atoms with Gasteiger partial charge in [-0.25, -0.2) is 0 Å². The van der Waals surface area contributed by atoms with E-state index in [1.54, 1.807) is 0 Å². The Morgan fingerprint density at radius 1 is 1.86 bits per heavy atom. The minimum absolute atomic E-state index is 0.125. The predicted octanol–water partition coefficient (Wildman–Crippen LogP) is -1.17. The monoisotopic (exact) mass is 100 g/mol. The SMILES string of the molecule is NC1NCCC1=O. The highest BCUT2D eigenvalue weighted by Crippen LogP contribution is 1.91.